The first-order chi connectivity index (χ1) is 14.9. The molecule has 0 spiro atoms. The molecule has 32 heavy (non-hydrogen) atoms. The third-order valence-electron chi connectivity index (χ3n) is 4.11. The molecular weight excluding hydrogens is 481 g/mol. The molecule has 0 aromatic heterocycles. The van der Waals surface area contributed by atoms with Gasteiger partial charge in [0, 0.05) is 17.0 Å². The van der Waals surface area contributed by atoms with Crippen LogP contribution in [0.5, 0.6) is 11.5 Å². The van der Waals surface area contributed by atoms with Crippen LogP contribution in [0.15, 0.2) is 30.3 Å². The molecule has 7 nitrogen and oxygen atoms in total. The van der Waals surface area contributed by atoms with Gasteiger partial charge in [-0.2, -0.15) is 0 Å². The zero-order valence-corrected chi connectivity index (χ0v) is 20.3. The highest BCUT2D eigenvalue weighted by Crippen LogP contribution is 2.36. The molecule has 2 aromatic carbocycles. The van der Waals surface area contributed by atoms with E-state index in [1.54, 1.807) is 39.0 Å². The number of methoxy groups -OCH3 is 1. The van der Waals surface area contributed by atoms with Gasteiger partial charge in [-0.1, -0.05) is 40.9 Å². The molecule has 0 bridgehead atoms. The molecule has 1 unspecified atom stereocenters. The van der Waals surface area contributed by atoms with Gasteiger partial charge in [-0.25, -0.2) is 9.59 Å². The number of halogens is 3. The van der Waals surface area contributed by atoms with E-state index in [-0.39, 0.29) is 28.8 Å². The van der Waals surface area contributed by atoms with Crippen molar-refractivity contribution in [2.24, 2.45) is 0 Å². The van der Waals surface area contributed by atoms with Crippen molar-refractivity contribution in [2.45, 2.75) is 45.4 Å². The van der Waals surface area contributed by atoms with E-state index in [0.717, 1.165) is 0 Å². The largest absolute Gasteiger partial charge is 0.496 e. The van der Waals surface area contributed by atoms with Crippen LogP contribution in [0, 0.1) is 0 Å². The van der Waals surface area contributed by atoms with Crippen molar-refractivity contribution in [2.75, 3.05) is 7.11 Å². The van der Waals surface area contributed by atoms with Gasteiger partial charge in [0.15, 0.2) is 5.75 Å². The molecule has 0 heterocycles. The molecule has 0 aliphatic carbocycles. The second-order valence-corrected chi connectivity index (χ2v) is 9.13. The van der Waals surface area contributed by atoms with Gasteiger partial charge in [0.25, 0.3) is 0 Å². The molecule has 2 N–H and O–H groups in total. The monoisotopic (exact) mass is 503 g/mol. The lowest BCUT2D eigenvalue weighted by molar-refractivity contribution is -0.139. The van der Waals surface area contributed by atoms with Crippen molar-refractivity contribution < 1.29 is 28.9 Å². The van der Waals surface area contributed by atoms with Gasteiger partial charge in [-0.15, -0.1) is 0 Å². The number of amides is 1. The lowest BCUT2D eigenvalue weighted by Gasteiger charge is -2.22. The minimum atomic E-state index is -1.19. The number of hydrogen-bond acceptors (Lipinski definition) is 5. The van der Waals surface area contributed by atoms with Crippen molar-refractivity contribution >= 4 is 46.9 Å². The Bertz CT molecular complexity index is 967. The number of carbonyl (C=O) groups is 2. The quantitative estimate of drug-likeness (QED) is 0.475. The number of carbonyl (C=O) groups excluding carboxylic acids is 1. The molecule has 174 valence electrons. The van der Waals surface area contributed by atoms with Gasteiger partial charge in [0.1, 0.15) is 24.0 Å². The number of alkyl carbamates (subject to hydrolysis) is 1. The van der Waals surface area contributed by atoms with E-state index in [9.17, 15) is 14.7 Å². The minimum absolute atomic E-state index is 0.0219. The van der Waals surface area contributed by atoms with E-state index in [2.05, 4.69) is 5.32 Å². The van der Waals surface area contributed by atoms with Crippen molar-refractivity contribution in [3.8, 4) is 11.5 Å². The van der Waals surface area contributed by atoms with Crippen LogP contribution >= 0.6 is 34.8 Å². The van der Waals surface area contributed by atoms with Crippen molar-refractivity contribution in [3.63, 3.8) is 0 Å². The number of ether oxygens (including phenoxy) is 3. The average Bonchev–Trinajstić information content (AvgIpc) is 2.65. The van der Waals surface area contributed by atoms with Crippen molar-refractivity contribution in [1.29, 1.82) is 0 Å². The van der Waals surface area contributed by atoms with Crippen LogP contribution in [0.4, 0.5) is 4.79 Å². The maximum Gasteiger partial charge on any atom is 0.408 e. The first-order valence-electron chi connectivity index (χ1n) is 9.55. The summed E-state index contributed by atoms with van der Waals surface area (Å²) >= 11 is 18.2. The van der Waals surface area contributed by atoms with E-state index >= 15 is 0 Å². The Hall–Kier alpha value is -2.35. The standard InChI is InChI=1S/C22H24Cl3NO6/c1-22(2,3)32-21(29)26-17(20(27)28)8-12-5-6-18(30-4)13(7-12)11-31-19-15(24)9-14(23)10-16(19)25/h5-7,9-10,17H,8,11H2,1-4H3,(H,26,29)(H,27,28). The normalized spacial score (nSPS) is 12.1. The Morgan fingerprint density at radius 3 is 2.25 bits per heavy atom. The van der Waals surface area contributed by atoms with E-state index in [0.29, 0.717) is 21.9 Å². The fraction of sp³-hybridized carbons (Fsp3) is 0.364. The first-order valence-corrected chi connectivity index (χ1v) is 10.7. The van der Waals surface area contributed by atoms with Crippen LogP contribution in [0.3, 0.4) is 0 Å². The highest BCUT2D eigenvalue weighted by Gasteiger charge is 2.24. The zero-order chi connectivity index (χ0) is 24.1. The van der Waals surface area contributed by atoms with Gasteiger partial charge in [0.2, 0.25) is 0 Å². The first kappa shape index (κ1) is 25.9. The molecule has 0 saturated carbocycles. The van der Waals surface area contributed by atoms with Crippen LogP contribution in [0.2, 0.25) is 15.1 Å². The Balaban J connectivity index is 2.19. The van der Waals surface area contributed by atoms with Gasteiger partial charge < -0.3 is 24.6 Å². The molecular formula is C22H24Cl3NO6. The van der Waals surface area contributed by atoms with Gasteiger partial charge >= 0.3 is 12.1 Å². The lowest BCUT2D eigenvalue weighted by Crippen LogP contribution is -2.44. The Morgan fingerprint density at radius 2 is 1.72 bits per heavy atom. The Kier molecular flexibility index (Phi) is 8.89. The van der Waals surface area contributed by atoms with Crippen LogP contribution in [0.1, 0.15) is 31.9 Å². The molecule has 0 saturated heterocycles. The summed E-state index contributed by atoms with van der Waals surface area (Å²) in [6.45, 7) is 5.13. The number of aliphatic carboxylic acids is 1. The summed E-state index contributed by atoms with van der Waals surface area (Å²) in [5, 5.41) is 12.8. The van der Waals surface area contributed by atoms with Crippen LogP contribution in [-0.4, -0.2) is 35.9 Å². The second-order valence-electron chi connectivity index (χ2n) is 7.87. The number of carboxylic acid groups (broad SMARTS) is 1. The highest BCUT2D eigenvalue weighted by molar-refractivity contribution is 6.40. The average molecular weight is 505 g/mol. The molecule has 1 atom stereocenters. The van der Waals surface area contributed by atoms with Gasteiger partial charge in [0.05, 0.1) is 17.2 Å². The molecule has 10 heteroatoms. The summed E-state index contributed by atoms with van der Waals surface area (Å²) in [5.41, 5.74) is 0.525. The Labute approximate surface area is 201 Å². The lowest BCUT2D eigenvalue weighted by atomic mass is 10.0. The fourth-order valence-corrected chi connectivity index (χ4v) is 3.70. The Morgan fingerprint density at radius 1 is 1.09 bits per heavy atom. The number of carboxylic acids is 1. The summed E-state index contributed by atoms with van der Waals surface area (Å²) in [5.74, 6) is -0.397. The molecule has 0 radical (unpaired) electrons. The predicted octanol–water partition coefficient (Wildman–Crippen LogP) is 5.75. The summed E-state index contributed by atoms with van der Waals surface area (Å²) in [6.07, 6.45) is -0.789. The molecule has 2 aromatic rings. The van der Waals surface area contributed by atoms with E-state index in [1.807, 2.05) is 0 Å². The summed E-state index contributed by atoms with van der Waals surface area (Å²) in [4.78, 5) is 23.7. The molecule has 2 rings (SSSR count). The number of rotatable bonds is 8. The number of nitrogens with one attached hydrogen (secondary N) is 1. The number of hydrogen-bond donors (Lipinski definition) is 2. The third-order valence-corrected chi connectivity index (χ3v) is 4.89. The SMILES string of the molecule is COc1ccc(CC(NC(=O)OC(C)(C)C)C(=O)O)cc1COc1c(Cl)cc(Cl)cc1Cl. The third kappa shape index (κ3) is 7.65. The maximum absolute atomic E-state index is 12.0. The van der Waals surface area contributed by atoms with E-state index < -0.39 is 23.7 Å². The molecule has 0 aliphatic rings. The minimum Gasteiger partial charge on any atom is -0.496 e. The van der Waals surface area contributed by atoms with Crippen molar-refractivity contribution in [3.05, 3.63) is 56.5 Å². The van der Waals surface area contributed by atoms with E-state index in [4.69, 9.17) is 49.0 Å². The predicted molar refractivity (Wildman–Crippen MR) is 123 cm³/mol. The summed E-state index contributed by atoms with van der Waals surface area (Å²) in [6, 6.07) is 6.95. The maximum atomic E-state index is 12.0. The van der Waals surface area contributed by atoms with E-state index in [1.165, 1.54) is 19.2 Å². The topological polar surface area (TPSA) is 94.1 Å². The highest BCUT2D eigenvalue weighted by atomic mass is 35.5. The van der Waals surface area contributed by atoms with Crippen LogP contribution < -0.4 is 14.8 Å². The summed E-state index contributed by atoms with van der Waals surface area (Å²) in [7, 11) is 1.50. The van der Waals surface area contributed by atoms with Crippen molar-refractivity contribution in [1.82, 2.24) is 5.32 Å². The fourth-order valence-electron chi connectivity index (χ4n) is 2.77. The molecule has 1 amide bonds. The van der Waals surface area contributed by atoms with Crippen LogP contribution in [-0.2, 0) is 22.6 Å². The second kappa shape index (κ2) is 11.0. The zero-order valence-electron chi connectivity index (χ0n) is 18.0. The van der Waals surface area contributed by atoms with Crippen LogP contribution in [0.25, 0.3) is 0 Å². The van der Waals surface area contributed by atoms with Gasteiger partial charge in [-0.05, 0) is 50.6 Å². The molecule has 0 aliphatic heterocycles. The summed E-state index contributed by atoms with van der Waals surface area (Å²) < 4.78 is 16.3. The van der Waals surface area contributed by atoms with Gasteiger partial charge in [-0.3, -0.25) is 0 Å². The number of benzene rings is 2. The smallest absolute Gasteiger partial charge is 0.408 e. The molecule has 0 fully saturated rings.